The van der Waals surface area contributed by atoms with Gasteiger partial charge in [-0.15, -0.1) is 0 Å². The molecule has 1 heterocycles. The van der Waals surface area contributed by atoms with Crippen LogP contribution in [0, 0.1) is 0 Å². The third-order valence-electron chi connectivity index (χ3n) is 3.41. The van der Waals surface area contributed by atoms with Gasteiger partial charge in [-0.25, -0.2) is 0 Å². The molecule has 1 aromatic carbocycles. The summed E-state index contributed by atoms with van der Waals surface area (Å²) >= 11 is 1.88. The molecule has 1 aromatic rings. The molecule has 4 heteroatoms. The van der Waals surface area contributed by atoms with Gasteiger partial charge in [0, 0.05) is 18.7 Å². The molecule has 1 unspecified atom stereocenters. The van der Waals surface area contributed by atoms with Crippen LogP contribution in [0.15, 0.2) is 24.3 Å². The lowest BCUT2D eigenvalue weighted by molar-refractivity contribution is -0.121. The molecule has 1 atom stereocenters. The van der Waals surface area contributed by atoms with Crippen molar-refractivity contribution in [3.63, 3.8) is 0 Å². The van der Waals surface area contributed by atoms with E-state index in [2.05, 4.69) is 23.0 Å². The molecule has 0 fully saturated rings. The van der Waals surface area contributed by atoms with Crippen molar-refractivity contribution in [2.24, 2.45) is 0 Å². The minimum Gasteiger partial charge on any atom is -0.373 e. The minimum absolute atomic E-state index is 0.0939. The number of fused-ring (bicyclic) bond motifs is 1. The lowest BCUT2D eigenvalue weighted by atomic mass is 10.1. The van der Waals surface area contributed by atoms with E-state index in [1.54, 1.807) is 0 Å². The molecule has 19 heavy (non-hydrogen) atoms. The summed E-state index contributed by atoms with van der Waals surface area (Å²) in [7, 11) is 0. The van der Waals surface area contributed by atoms with Gasteiger partial charge in [-0.1, -0.05) is 24.6 Å². The van der Waals surface area contributed by atoms with E-state index in [0.29, 0.717) is 0 Å². The molecule has 3 nitrogen and oxygen atoms in total. The van der Waals surface area contributed by atoms with E-state index in [-0.39, 0.29) is 11.9 Å². The number of unbranched alkanes of at least 4 members (excludes halogenated alkanes) is 2. The Bertz CT molecular complexity index is 397. The Hall–Kier alpha value is -1.16. The second kappa shape index (κ2) is 7.43. The van der Waals surface area contributed by atoms with Crippen LogP contribution in [0.3, 0.4) is 0 Å². The molecular weight excluding hydrogens is 256 g/mol. The number of rotatable bonds is 7. The van der Waals surface area contributed by atoms with Gasteiger partial charge in [0.05, 0.1) is 0 Å². The number of anilines is 1. The lowest BCUT2D eigenvalue weighted by Crippen LogP contribution is -2.38. The highest BCUT2D eigenvalue weighted by Crippen LogP contribution is 2.24. The van der Waals surface area contributed by atoms with Gasteiger partial charge in [0.2, 0.25) is 5.91 Å². The van der Waals surface area contributed by atoms with Crippen molar-refractivity contribution in [1.29, 1.82) is 0 Å². The molecule has 1 aliphatic rings. The number of hydrogen-bond acceptors (Lipinski definition) is 3. The fourth-order valence-corrected chi connectivity index (χ4v) is 2.83. The summed E-state index contributed by atoms with van der Waals surface area (Å²) in [5.41, 5.74) is 2.34. The van der Waals surface area contributed by atoms with E-state index in [1.165, 1.54) is 24.2 Å². The SMILES string of the molecule is CSCCCCCNC(=O)C1Cc2ccccc2N1. The quantitative estimate of drug-likeness (QED) is 0.753. The Morgan fingerprint density at radius 1 is 1.37 bits per heavy atom. The van der Waals surface area contributed by atoms with Crippen LogP contribution in [0.1, 0.15) is 24.8 Å². The highest BCUT2D eigenvalue weighted by atomic mass is 32.2. The molecular formula is C15H22N2OS. The monoisotopic (exact) mass is 278 g/mol. The average molecular weight is 278 g/mol. The molecule has 0 saturated carbocycles. The molecule has 104 valence electrons. The van der Waals surface area contributed by atoms with E-state index in [1.807, 2.05) is 30.0 Å². The highest BCUT2D eigenvalue weighted by molar-refractivity contribution is 7.98. The third-order valence-corrected chi connectivity index (χ3v) is 4.11. The molecule has 0 radical (unpaired) electrons. The van der Waals surface area contributed by atoms with Crippen LogP contribution >= 0.6 is 11.8 Å². The summed E-state index contributed by atoms with van der Waals surface area (Å²) in [5.74, 6) is 1.34. The molecule has 1 amide bonds. The Balaban J connectivity index is 1.66. The van der Waals surface area contributed by atoms with E-state index in [4.69, 9.17) is 0 Å². The molecule has 0 saturated heterocycles. The second-order valence-corrected chi connectivity index (χ2v) is 5.89. The average Bonchev–Trinajstić information content (AvgIpc) is 2.86. The molecule has 1 aliphatic heterocycles. The van der Waals surface area contributed by atoms with Crippen molar-refractivity contribution in [3.8, 4) is 0 Å². The topological polar surface area (TPSA) is 41.1 Å². The van der Waals surface area contributed by atoms with Crippen LogP contribution in [0.5, 0.6) is 0 Å². The van der Waals surface area contributed by atoms with Crippen molar-refractivity contribution in [2.75, 3.05) is 23.9 Å². The molecule has 0 spiro atoms. The summed E-state index contributed by atoms with van der Waals surface area (Å²) in [6, 6.07) is 8.04. The molecule has 0 aliphatic carbocycles. The van der Waals surface area contributed by atoms with Crippen molar-refractivity contribution in [3.05, 3.63) is 29.8 Å². The smallest absolute Gasteiger partial charge is 0.242 e. The zero-order valence-corrected chi connectivity index (χ0v) is 12.3. The van der Waals surface area contributed by atoms with Crippen LogP contribution < -0.4 is 10.6 Å². The second-order valence-electron chi connectivity index (χ2n) is 4.90. The first kappa shape index (κ1) is 14.3. The molecule has 0 aromatic heterocycles. The number of nitrogens with one attached hydrogen (secondary N) is 2. The zero-order chi connectivity index (χ0) is 13.5. The van der Waals surface area contributed by atoms with E-state index < -0.39 is 0 Å². The van der Waals surface area contributed by atoms with Crippen LogP contribution in [-0.2, 0) is 11.2 Å². The highest BCUT2D eigenvalue weighted by Gasteiger charge is 2.25. The van der Waals surface area contributed by atoms with Crippen molar-refractivity contribution < 1.29 is 4.79 Å². The number of para-hydroxylation sites is 1. The lowest BCUT2D eigenvalue weighted by Gasteiger charge is -2.11. The number of carbonyl (C=O) groups is 1. The standard InChI is InChI=1S/C15H22N2OS/c1-19-10-6-2-5-9-16-15(18)14-11-12-7-3-4-8-13(12)17-14/h3-4,7-8,14,17H,2,5-6,9-11H2,1H3,(H,16,18). The predicted molar refractivity (Wildman–Crippen MR) is 82.8 cm³/mol. The maximum Gasteiger partial charge on any atom is 0.242 e. The van der Waals surface area contributed by atoms with Gasteiger partial charge >= 0.3 is 0 Å². The Morgan fingerprint density at radius 3 is 3.00 bits per heavy atom. The molecule has 2 N–H and O–H groups in total. The van der Waals surface area contributed by atoms with Crippen molar-refractivity contribution >= 4 is 23.4 Å². The van der Waals surface area contributed by atoms with Crippen molar-refractivity contribution in [2.45, 2.75) is 31.7 Å². The summed E-state index contributed by atoms with van der Waals surface area (Å²) < 4.78 is 0. The minimum atomic E-state index is -0.0939. The fraction of sp³-hybridized carbons (Fsp3) is 0.533. The number of benzene rings is 1. The van der Waals surface area contributed by atoms with E-state index in [9.17, 15) is 4.79 Å². The maximum atomic E-state index is 12.0. The van der Waals surface area contributed by atoms with Crippen LogP contribution in [0.2, 0.25) is 0 Å². The summed E-state index contributed by atoms with van der Waals surface area (Å²) in [6.07, 6.45) is 6.44. The Kier molecular flexibility index (Phi) is 5.58. The van der Waals surface area contributed by atoms with Crippen molar-refractivity contribution in [1.82, 2.24) is 5.32 Å². The third kappa shape index (κ3) is 4.16. The number of thioether (sulfide) groups is 1. The van der Waals surface area contributed by atoms with Gasteiger partial charge in [0.15, 0.2) is 0 Å². The van der Waals surface area contributed by atoms with Gasteiger partial charge in [-0.2, -0.15) is 11.8 Å². The Labute approximate surface area is 119 Å². The van der Waals surface area contributed by atoms with E-state index >= 15 is 0 Å². The largest absolute Gasteiger partial charge is 0.373 e. The van der Waals surface area contributed by atoms with Crippen LogP contribution in [-0.4, -0.2) is 30.5 Å². The van der Waals surface area contributed by atoms with Gasteiger partial charge in [0.25, 0.3) is 0 Å². The fourth-order valence-electron chi connectivity index (χ4n) is 2.34. The molecule has 2 rings (SSSR count). The molecule has 0 bridgehead atoms. The summed E-state index contributed by atoms with van der Waals surface area (Å²) in [4.78, 5) is 12.0. The first-order chi connectivity index (χ1) is 9.31. The summed E-state index contributed by atoms with van der Waals surface area (Å²) in [5, 5.41) is 6.31. The first-order valence-corrected chi connectivity index (χ1v) is 8.31. The van der Waals surface area contributed by atoms with E-state index in [0.717, 1.165) is 25.1 Å². The van der Waals surface area contributed by atoms with Gasteiger partial charge in [-0.3, -0.25) is 4.79 Å². The van der Waals surface area contributed by atoms with Crippen LogP contribution in [0.4, 0.5) is 5.69 Å². The Morgan fingerprint density at radius 2 is 2.21 bits per heavy atom. The number of carbonyl (C=O) groups excluding carboxylic acids is 1. The predicted octanol–water partition coefficient (Wildman–Crippen LogP) is 2.67. The zero-order valence-electron chi connectivity index (χ0n) is 11.4. The summed E-state index contributed by atoms with van der Waals surface area (Å²) in [6.45, 7) is 0.793. The van der Waals surface area contributed by atoms with Gasteiger partial charge < -0.3 is 10.6 Å². The normalized spacial score (nSPS) is 16.8. The first-order valence-electron chi connectivity index (χ1n) is 6.92. The van der Waals surface area contributed by atoms with Gasteiger partial charge in [-0.05, 0) is 36.5 Å². The number of amides is 1. The maximum absolute atomic E-state index is 12.0. The van der Waals surface area contributed by atoms with Crippen LogP contribution in [0.25, 0.3) is 0 Å². The van der Waals surface area contributed by atoms with Gasteiger partial charge in [0.1, 0.15) is 6.04 Å². The number of hydrogen-bond donors (Lipinski definition) is 2.